The summed E-state index contributed by atoms with van der Waals surface area (Å²) in [6.45, 7) is 2.19. The second-order valence-corrected chi connectivity index (χ2v) is 8.87. The van der Waals surface area contributed by atoms with E-state index in [1.54, 1.807) is 17.0 Å². The highest BCUT2D eigenvalue weighted by Gasteiger charge is 2.23. The first-order chi connectivity index (χ1) is 13.6. The van der Waals surface area contributed by atoms with Crippen LogP contribution in [-0.4, -0.2) is 15.5 Å². The molecule has 1 aromatic carbocycles. The van der Waals surface area contributed by atoms with Gasteiger partial charge in [0.15, 0.2) is 0 Å². The van der Waals surface area contributed by atoms with Crippen molar-refractivity contribution in [3.05, 3.63) is 62.0 Å². The van der Waals surface area contributed by atoms with Gasteiger partial charge in [-0.3, -0.25) is 14.2 Å². The fourth-order valence-electron chi connectivity index (χ4n) is 3.88. The average Bonchev–Trinajstić information content (AvgIpc) is 3.05. The van der Waals surface area contributed by atoms with E-state index in [4.69, 9.17) is 11.6 Å². The van der Waals surface area contributed by atoms with Crippen molar-refractivity contribution < 1.29 is 4.79 Å². The van der Waals surface area contributed by atoms with Gasteiger partial charge in [0.1, 0.15) is 10.2 Å². The highest BCUT2D eigenvalue weighted by molar-refractivity contribution is 7.19. The summed E-state index contributed by atoms with van der Waals surface area (Å²) in [5.41, 5.74) is 1.80. The number of carbonyl (C=O) groups is 1. The number of aromatic nitrogens is 2. The Balaban J connectivity index is 1.63. The monoisotopic (exact) mass is 415 g/mol. The van der Waals surface area contributed by atoms with E-state index in [-0.39, 0.29) is 17.5 Å². The Morgan fingerprint density at radius 1 is 1.29 bits per heavy atom. The number of nitrogens with one attached hydrogen (secondary N) is 1. The van der Waals surface area contributed by atoms with Gasteiger partial charge >= 0.3 is 0 Å². The Morgan fingerprint density at radius 3 is 2.79 bits per heavy atom. The second kappa shape index (κ2) is 8.05. The maximum absolute atomic E-state index is 13.0. The zero-order valence-electron chi connectivity index (χ0n) is 15.7. The van der Waals surface area contributed by atoms with Crippen LogP contribution in [0, 0.1) is 6.92 Å². The molecule has 2 aromatic heterocycles. The van der Waals surface area contributed by atoms with Gasteiger partial charge in [-0.15, -0.1) is 11.3 Å². The molecule has 1 N–H and O–H groups in total. The molecule has 0 unspecified atom stereocenters. The average molecular weight is 416 g/mol. The molecule has 1 amide bonds. The SMILES string of the molecule is Cc1sc2c(=O)n(C3CCCCC3)cnc2c1C(=O)NCc1ccccc1Cl. The molecule has 5 nitrogen and oxygen atoms in total. The van der Waals surface area contributed by atoms with Crippen LogP contribution in [0.3, 0.4) is 0 Å². The van der Waals surface area contributed by atoms with Gasteiger partial charge in [0.05, 0.1) is 11.9 Å². The molecular formula is C21H22ClN3O2S. The summed E-state index contributed by atoms with van der Waals surface area (Å²) in [5, 5.41) is 3.52. The van der Waals surface area contributed by atoms with Crippen molar-refractivity contribution in [3.63, 3.8) is 0 Å². The molecule has 3 aromatic rings. The Morgan fingerprint density at radius 2 is 2.04 bits per heavy atom. The molecule has 28 heavy (non-hydrogen) atoms. The van der Waals surface area contributed by atoms with Gasteiger partial charge in [-0.2, -0.15) is 0 Å². The van der Waals surface area contributed by atoms with Crippen molar-refractivity contribution in [2.24, 2.45) is 0 Å². The number of hydrogen-bond acceptors (Lipinski definition) is 4. The van der Waals surface area contributed by atoms with Gasteiger partial charge in [0, 0.05) is 22.5 Å². The molecule has 146 valence electrons. The van der Waals surface area contributed by atoms with E-state index in [0.29, 0.717) is 27.3 Å². The summed E-state index contributed by atoms with van der Waals surface area (Å²) in [4.78, 5) is 31.2. The summed E-state index contributed by atoms with van der Waals surface area (Å²) in [6.07, 6.45) is 7.18. The fourth-order valence-corrected chi connectivity index (χ4v) is 5.13. The number of hydrogen-bond donors (Lipinski definition) is 1. The molecule has 1 saturated carbocycles. The van der Waals surface area contributed by atoms with E-state index in [2.05, 4.69) is 10.3 Å². The number of aryl methyl sites for hydroxylation is 1. The molecular weight excluding hydrogens is 394 g/mol. The van der Waals surface area contributed by atoms with E-state index in [0.717, 1.165) is 36.1 Å². The Labute approximate surface area is 172 Å². The number of amides is 1. The molecule has 0 bridgehead atoms. The number of rotatable bonds is 4. The van der Waals surface area contributed by atoms with E-state index < -0.39 is 0 Å². The Kier molecular flexibility index (Phi) is 5.51. The number of fused-ring (bicyclic) bond motifs is 1. The quantitative estimate of drug-likeness (QED) is 0.662. The minimum atomic E-state index is -0.231. The van der Waals surface area contributed by atoms with Crippen LogP contribution < -0.4 is 10.9 Å². The number of benzene rings is 1. The minimum Gasteiger partial charge on any atom is -0.348 e. The lowest BCUT2D eigenvalue weighted by molar-refractivity contribution is 0.0952. The molecule has 0 radical (unpaired) electrons. The highest BCUT2D eigenvalue weighted by atomic mass is 35.5. The third kappa shape index (κ3) is 3.59. The molecule has 1 aliphatic rings. The van der Waals surface area contributed by atoms with Crippen molar-refractivity contribution in [3.8, 4) is 0 Å². The molecule has 1 aliphatic carbocycles. The van der Waals surface area contributed by atoms with Gasteiger partial charge in [0.2, 0.25) is 0 Å². The largest absolute Gasteiger partial charge is 0.348 e. The first kappa shape index (κ1) is 19.2. The molecule has 4 rings (SSSR count). The molecule has 1 fully saturated rings. The van der Waals surface area contributed by atoms with Crippen LogP contribution in [0.2, 0.25) is 5.02 Å². The van der Waals surface area contributed by atoms with Gasteiger partial charge < -0.3 is 5.32 Å². The highest BCUT2D eigenvalue weighted by Crippen LogP contribution is 2.30. The maximum Gasteiger partial charge on any atom is 0.271 e. The molecule has 2 heterocycles. The first-order valence-electron chi connectivity index (χ1n) is 9.58. The van der Waals surface area contributed by atoms with Crippen molar-refractivity contribution in [1.82, 2.24) is 14.9 Å². The van der Waals surface area contributed by atoms with Crippen LogP contribution in [0.1, 0.15) is 58.9 Å². The van der Waals surface area contributed by atoms with E-state index in [9.17, 15) is 9.59 Å². The van der Waals surface area contributed by atoms with Crippen LogP contribution in [0.25, 0.3) is 10.2 Å². The van der Waals surface area contributed by atoms with Crippen molar-refractivity contribution in [2.45, 2.75) is 51.6 Å². The van der Waals surface area contributed by atoms with Crippen LogP contribution in [-0.2, 0) is 6.54 Å². The van der Waals surface area contributed by atoms with E-state index in [1.165, 1.54) is 17.8 Å². The minimum absolute atomic E-state index is 0.0323. The summed E-state index contributed by atoms with van der Waals surface area (Å²) < 4.78 is 2.33. The predicted octanol–water partition coefficient (Wildman–Crippen LogP) is 4.86. The summed E-state index contributed by atoms with van der Waals surface area (Å²) >= 11 is 7.52. The third-order valence-corrected chi connectivity index (χ3v) is 6.84. The fraction of sp³-hybridized carbons (Fsp3) is 0.381. The second-order valence-electron chi connectivity index (χ2n) is 7.23. The Hall–Kier alpha value is -2.18. The van der Waals surface area contributed by atoms with Crippen LogP contribution in [0.5, 0.6) is 0 Å². The predicted molar refractivity (Wildman–Crippen MR) is 113 cm³/mol. The lowest BCUT2D eigenvalue weighted by atomic mass is 9.95. The molecule has 0 spiro atoms. The number of thiophene rings is 1. The van der Waals surface area contributed by atoms with Crippen LogP contribution in [0.4, 0.5) is 0 Å². The lowest BCUT2D eigenvalue weighted by Gasteiger charge is -2.23. The molecule has 0 atom stereocenters. The van der Waals surface area contributed by atoms with Crippen molar-refractivity contribution in [2.75, 3.05) is 0 Å². The number of halogens is 1. The first-order valence-corrected chi connectivity index (χ1v) is 10.8. The molecule has 0 aliphatic heterocycles. The number of nitrogens with zero attached hydrogens (tertiary/aromatic N) is 2. The smallest absolute Gasteiger partial charge is 0.271 e. The van der Waals surface area contributed by atoms with Gasteiger partial charge in [-0.25, -0.2) is 4.98 Å². The zero-order valence-corrected chi connectivity index (χ0v) is 17.3. The van der Waals surface area contributed by atoms with Gasteiger partial charge in [-0.1, -0.05) is 49.1 Å². The molecule has 0 saturated heterocycles. The summed E-state index contributed by atoms with van der Waals surface area (Å²) in [6, 6.07) is 7.63. The summed E-state index contributed by atoms with van der Waals surface area (Å²) in [5.74, 6) is -0.231. The van der Waals surface area contributed by atoms with Crippen molar-refractivity contribution >= 4 is 39.1 Å². The zero-order chi connectivity index (χ0) is 19.7. The Bertz CT molecular complexity index is 1080. The van der Waals surface area contributed by atoms with E-state index in [1.807, 2.05) is 25.1 Å². The van der Waals surface area contributed by atoms with Gasteiger partial charge in [-0.05, 0) is 31.4 Å². The van der Waals surface area contributed by atoms with E-state index >= 15 is 0 Å². The van der Waals surface area contributed by atoms with Crippen LogP contribution in [0.15, 0.2) is 35.4 Å². The topological polar surface area (TPSA) is 64.0 Å². The summed E-state index contributed by atoms with van der Waals surface area (Å²) in [7, 11) is 0. The van der Waals surface area contributed by atoms with Gasteiger partial charge in [0.25, 0.3) is 11.5 Å². The standard InChI is InChI=1S/C21H22ClN3O2S/c1-13-17(20(26)23-11-14-7-5-6-10-16(14)22)18-19(28-13)21(27)25(12-24-18)15-8-3-2-4-9-15/h5-7,10,12,15H,2-4,8-9,11H2,1H3,(H,23,26). The van der Waals surface area contributed by atoms with Crippen molar-refractivity contribution in [1.29, 1.82) is 0 Å². The lowest BCUT2D eigenvalue weighted by Crippen LogP contribution is -2.27. The van der Waals surface area contributed by atoms with Crippen LogP contribution >= 0.6 is 22.9 Å². The maximum atomic E-state index is 13.0. The number of carbonyl (C=O) groups excluding carboxylic acids is 1. The third-order valence-electron chi connectivity index (χ3n) is 5.39. The molecule has 7 heteroatoms. The normalized spacial score (nSPS) is 15.1.